The zero-order chi connectivity index (χ0) is 39.4. The lowest BCUT2D eigenvalue weighted by atomic mass is 10.1. The van der Waals surface area contributed by atoms with Gasteiger partial charge < -0.3 is 30.3 Å². The van der Waals surface area contributed by atoms with Crippen LogP contribution in [0.1, 0.15) is 136 Å². The number of hydrogen-bond acceptors (Lipinski definition) is 10. The third-order valence-electron chi connectivity index (χ3n) is 7.84. The second kappa shape index (κ2) is 34.9. The second-order valence-electron chi connectivity index (χ2n) is 12.9. The Hall–Kier alpha value is -2.86. The highest BCUT2D eigenvalue weighted by Crippen LogP contribution is 2.43. The predicted molar refractivity (Wildman–Crippen MR) is 209 cm³/mol. The van der Waals surface area contributed by atoms with E-state index in [1.807, 2.05) is 48.6 Å². The third-order valence-corrected chi connectivity index (χ3v) is 8.79. The average Bonchev–Trinajstić information content (AvgIpc) is 3.12. The molecule has 0 spiro atoms. The van der Waals surface area contributed by atoms with E-state index in [0.717, 1.165) is 77.0 Å². The summed E-state index contributed by atoms with van der Waals surface area (Å²) in [4.78, 5) is 45.7. The van der Waals surface area contributed by atoms with Crippen LogP contribution in [0.4, 0.5) is 0 Å². The molecule has 13 heteroatoms. The number of unbranched alkanes of at least 4 members (excludes halogenated alkanes) is 10. The van der Waals surface area contributed by atoms with Crippen molar-refractivity contribution in [2.45, 2.75) is 154 Å². The van der Waals surface area contributed by atoms with Gasteiger partial charge in [-0.3, -0.25) is 23.4 Å². The molecule has 53 heavy (non-hydrogen) atoms. The fraction of sp³-hybridized carbons (Fsp3) is 0.675. The molecule has 1 unspecified atom stereocenters. The van der Waals surface area contributed by atoms with Crippen LogP contribution in [0.5, 0.6) is 0 Å². The number of phosphoric ester groups is 1. The van der Waals surface area contributed by atoms with Gasteiger partial charge in [-0.2, -0.15) is 0 Å². The Labute approximate surface area is 318 Å². The van der Waals surface area contributed by atoms with Crippen molar-refractivity contribution in [2.75, 3.05) is 19.8 Å². The van der Waals surface area contributed by atoms with Crippen molar-refractivity contribution in [1.29, 1.82) is 0 Å². The summed E-state index contributed by atoms with van der Waals surface area (Å²) in [6.45, 7) is 2.53. The van der Waals surface area contributed by atoms with Crippen LogP contribution in [0, 0.1) is 0 Å². The first-order valence-electron chi connectivity index (χ1n) is 19.4. The zero-order valence-electron chi connectivity index (χ0n) is 32.2. The summed E-state index contributed by atoms with van der Waals surface area (Å²) in [5.74, 6) is -2.51. The fourth-order valence-electron chi connectivity index (χ4n) is 4.68. The van der Waals surface area contributed by atoms with Gasteiger partial charge in [0.25, 0.3) is 0 Å². The van der Waals surface area contributed by atoms with Crippen LogP contribution >= 0.6 is 7.82 Å². The SMILES string of the molecule is CCCC/C=C\CCCCCCCC(=O)OC[C@H](COP(=O)(O)OC[C@H](N)C(=O)O)OC(=O)CCC/C=C\C/C=C\C/C=C\C=C\[C@@H](O)CCCCC. The van der Waals surface area contributed by atoms with Gasteiger partial charge in [0.15, 0.2) is 6.10 Å². The Morgan fingerprint density at radius 2 is 1.26 bits per heavy atom. The van der Waals surface area contributed by atoms with E-state index in [1.165, 1.54) is 12.8 Å². The van der Waals surface area contributed by atoms with Crippen molar-refractivity contribution in [3.63, 3.8) is 0 Å². The predicted octanol–water partition coefficient (Wildman–Crippen LogP) is 8.58. The van der Waals surface area contributed by atoms with Gasteiger partial charge in [-0.05, 0) is 57.8 Å². The summed E-state index contributed by atoms with van der Waals surface area (Å²) in [6, 6.07) is -1.54. The molecule has 0 aliphatic rings. The molecule has 0 saturated heterocycles. The van der Waals surface area contributed by atoms with Crippen molar-refractivity contribution >= 4 is 25.7 Å². The van der Waals surface area contributed by atoms with Gasteiger partial charge >= 0.3 is 25.7 Å². The number of aliphatic hydroxyl groups excluding tert-OH is 1. The number of carbonyl (C=O) groups is 3. The third kappa shape index (κ3) is 34.6. The molecule has 0 aliphatic heterocycles. The summed E-state index contributed by atoms with van der Waals surface area (Å²) in [6.07, 6.45) is 34.9. The molecule has 12 nitrogen and oxygen atoms in total. The van der Waals surface area contributed by atoms with Crippen LogP contribution in [0.3, 0.4) is 0 Å². The molecule has 0 heterocycles. The zero-order valence-corrected chi connectivity index (χ0v) is 33.1. The van der Waals surface area contributed by atoms with Gasteiger partial charge in [0, 0.05) is 12.8 Å². The minimum absolute atomic E-state index is 0.0610. The van der Waals surface area contributed by atoms with Crippen molar-refractivity contribution < 1.29 is 52.6 Å². The molecular formula is C40H68NO11P. The minimum Gasteiger partial charge on any atom is -0.480 e. The quantitative estimate of drug-likeness (QED) is 0.0158. The van der Waals surface area contributed by atoms with Crippen molar-refractivity contribution in [3.8, 4) is 0 Å². The Bertz CT molecular complexity index is 1150. The molecule has 0 aromatic heterocycles. The number of hydrogen-bond donors (Lipinski definition) is 4. The first-order chi connectivity index (χ1) is 25.5. The molecule has 4 atom stereocenters. The van der Waals surface area contributed by atoms with Gasteiger partial charge in [-0.15, -0.1) is 0 Å². The van der Waals surface area contributed by atoms with Crippen molar-refractivity contribution in [3.05, 3.63) is 60.8 Å². The maximum Gasteiger partial charge on any atom is 0.472 e. The van der Waals surface area contributed by atoms with E-state index in [4.69, 9.17) is 24.8 Å². The molecule has 0 aromatic rings. The molecule has 0 radical (unpaired) electrons. The number of ether oxygens (including phenoxy) is 2. The molecule has 0 aromatic carbocycles. The smallest absolute Gasteiger partial charge is 0.472 e. The first-order valence-corrected chi connectivity index (χ1v) is 20.9. The molecule has 0 bridgehead atoms. The molecule has 0 rings (SSSR count). The van der Waals surface area contributed by atoms with Crippen LogP contribution in [0.2, 0.25) is 0 Å². The van der Waals surface area contributed by atoms with Crippen LogP contribution < -0.4 is 5.73 Å². The Morgan fingerprint density at radius 3 is 1.98 bits per heavy atom. The normalized spacial score (nSPS) is 15.1. The van der Waals surface area contributed by atoms with Gasteiger partial charge in [0.2, 0.25) is 0 Å². The van der Waals surface area contributed by atoms with Crippen LogP contribution in [-0.4, -0.2) is 71.1 Å². The van der Waals surface area contributed by atoms with Gasteiger partial charge in [-0.25, -0.2) is 4.57 Å². The average molecular weight is 770 g/mol. The van der Waals surface area contributed by atoms with E-state index in [2.05, 4.69) is 30.5 Å². The fourth-order valence-corrected chi connectivity index (χ4v) is 5.45. The summed E-state index contributed by atoms with van der Waals surface area (Å²) in [5.41, 5.74) is 5.31. The largest absolute Gasteiger partial charge is 0.480 e. The van der Waals surface area contributed by atoms with Crippen LogP contribution in [0.15, 0.2) is 60.8 Å². The Kier molecular flexibility index (Phi) is 33.0. The topological polar surface area (TPSA) is 192 Å². The lowest BCUT2D eigenvalue weighted by Gasteiger charge is -2.20. The van der Waals surface area contributed by atoms with E-state index in [9.17, 15) is 28.9 Å². The molecule has 0 saturated carbocycles. The van der Waals surface area contributed by atoms with E-state index in [1.54, 1.807) is 0 Å². The standard InChI is InChI=1S/C40H68NO11P/c1-3-5-7-8-9-10-12-16-19-22-26-30-38(43)49-32-36(33-50-53(47,48)51-34-37(41)40(45)46)52-39(44)31-27-23-20-17-14-11-13-15-18-21-25-29-35(42)28-24-6-4-2/h8-9,11,13,17-18,20-21,25,29,35-37,42H,3-7,10,12,14-16,19,22-24,26-28,30-34,41H2,1-2H3,(H,45,46)(H,47,48)/b9-8-,13-11-,20-17-,21-18-,29-25+/t35-,36+,37-/m0/s1. The monoisotopic (exact) mass is 769 g/mol. The number of esters is 2. The first kappa shape index (κ1) is 50.1. The van der Waals surface area contributed by atoms with Gasteiger partial charge in [-0.1, -0.05) is 126 Å². The maximum atomic E-state index is 12.5. The second-order valence-corrected chi connectivity index (χ2v) is 14.4. The number of carbonyl (C=O) groups excluding carboxylic acids is 2. The molecular weight excluding hydrogens is 701 g/mol. The number of aliphatic carboxylic acids is 1. The highest BCUT2D eigenvalue weighted by atomic mass is 31.2. The summed E-state index contributed by atoms with van der Waals surface area (Å²) in [7, 11) is -4.74. The highest BCUT2D eigenvalue weighted by Gasteiger charge is 2.28. The van der Waals surface area contributed by atoms with Gasteiger partial charge in [0.05, 0.1) is 19.3 Å². The molecule has 5 N–H and O–H groups in total. The Balaban J connectivity index is 4.60. The van der Waals surface area contributed by atoms with E-state index in [0.29, 0.717) is 19.3 Å². The Morgan fingerprint density at radius 1 is 0.679 bits per heavy atom. The minimum atomic E-state index is -4.74. The molecule has 0 fully saturated rings. The highest BCUT2D eigenvalue weighted by molar-refractivity contribution is 7.47. The van der Waals surface area contributed by atoms with Crippen LogP contribution in [-0.2, 0) is 37.5 Å². The summed E-state index contributed by atoms with van der Waals surface area (Å²) < 4.78 is 32.4. The van der Waals surface area contributed by atoms with Crippen molar-refractivity contribution in [2.24, 2.45) is 5.73 Å². The maximum absolute atomic E-state index is 12.5. The van der Waals surface area contributed by atoms with E-state index in [-0.39, 0.29) is 19.4 Å². The number of rotatable bonds is 35. The van der Waals surface area contributed by atoms with Gasteiger partial charge in [0.1, 0.15) is 12.6 Å². The summed E-state index contributed by atoms with van der Waals surface area (Å²) >= 11 is 0. The van der Waals surface area contributed by atoms with Crippen molar-refractivity contribution in [1.82, 2.24) is 0 Å². The van der Waals surface area contributed by atoms with Crippen LogP contribution in [0.25, 0.3) is 0 Å². The summed E-state index contributed by atoms with van der Waals surface area (Å²) in [5, 5.41) is 18.7. The van der Waals surface area contributed by atoms with E-state index >= 15 is 0 Å². The molecule has 304 valence electrons. The van der Waals surface area contributed by atoms with E-state index < -0.39 is 57.2 Å². The number of nitrogens with two attached hydrogens (primary N) is 1. The number of phosphoric acid groups is 1. The lowest BCUT2D eigenvalue weighted by molar-refractivity contribution is -0.161. The lowest BCUT2D eigenvalue weighted by Crippen LogP contribution is -2.34. The number of allylic oxidation sites excluding steroid dienone is 9. The number of carboxylic acids is 1. The molecule has 0 aliphatic carbocycles. The number of carboxylic acid groups (broad SMARTS) is 1. The number of aliphatic hydroxyl groups is 1. The molecule has 0 amide bonds.